The summed E-state index contributed by atoms with van der Waals surface area (Å²) in [6.07, 6.45) is 3.48. The van der Waals surface area contributed by atoms with Crippen molar-refractivity contribution in [3.63, 3.8) is 0 Å². The molecule has 2 rings (SSSR count). The monoisotopic (exact) mass is 240 g/mol. The number of nitrogens with one attached hydrogen (secondary N) is 1. The Morgan fingerprint density at radius 2 is 2.44 bits per heavy atom. The van der Waals surface area contributed by atoms with Crippen LogP contribution in [-0.4, -0.2) is 23.6 Å². The van der Waals surface area contributed by atoms with Gasteiger partial charge in [-0.25, -0.2) is 4.98 Å². The molecule has 0 radical (unpaired) electrons. The molecule has 16 heavy (non-hydrogen) atoms. The standard InChI is InChI=1S/C11H16N2O2S/c1-11(5-6-11)13-10-12-8(7-16-10)3-4-9(14)15-2/h7H,3-6H2,1-2H3,(H,12,13). The number of carbonyl (C=O) groups excluding carboxylic acids is 1. The van der Waals surface area contributed by atoms with Gasteiger partial charge in [0.15, 0.2) is 5.13 Å². The van der Waals surface area contributed by atoms with Crippen LogP contribution in [0.2, 0.25) is 0 Å². The predicted octanol–water partition coefficient (Wildman–Crippen LogP) is 2.21. The van der Waals surface area contributed by atoms with Crippen LogP contribution in [-0.2, 0) is 16.0 Å². The summed E-state index contributed by atoms with van der Waals surface area (Å²) in [5, 5.41) is 6.36. The van der Waals surface area contributed by atoms with E-state index in [-0.39, 0.29) is 11.5 Å². The molecule has 0 bridgehead atoms. The van der Waals surface area contributed by atoms with Gasteiger partial charge in [0.05, 0.1) is 19.2 Å². The Hall–Kier alpha value is -1.10. The summed E-state index contributed by atoms with van der Waals surface area (Å²) in [6.45, 7) is 2.20. The third kappa shape index (κ3) is 2.95. The van der Waals surface area contributed by atoms with Crippen molar-refractivity contribution in [2.45, 2.75) is 38.1 Å². The first-order valence-corrected chi connectivity index (χ1v) is 6.29. The van der Waals surface area contributed by atoms with E-state index in [4.69, 9.17) is 0 Å². The minimum atomic E-state index is -0.184. The maximum absolute atomic E-state index is 11.0. The maximum Gasteiger partial charge on any atom is 0.305 e. The number of methoxy groups -OCH3 is 1. The number of hydrogen-bond acceptors (Lipinski definition) is 5. The van der Waals surface area contributed by atoms with E-state index in [1.165, 1.54) is 20.0 Å². The number of aromatic nitrogens is 1. The lowest BCUT2D eigenvalue weighted by Crippen LogP contribution is -2.15. The minimum absolute atomic E-state index is 0.184. The second-order valence-electron chi connectivity index (χ2n) is 4.41. The Morgan fingerprint density at radius 1 is 1.69 bits per heavy atom. The number of anilines is 1. The summed E-state index contributed by atoms with van der Waals surface area (Å²) in [5.41, 5.74) is 1.22. The van der Waals surface area contributed by atoms with Gasteiger partial charge in [0.2, 0.25) is 0 Å². The van der Waals surface area contributed by atoms with Gasteiger partial charge in [-0.1, -0.05) is 0 Å². The Bertz CT molecular complexity index is 385. The Labute approximate surface area is 99.0 Å². The van der Waals surface area contributed by atoms with Crippen LogP contribution in [0.5, 0.6) is 0 Å². The van der Waals surface area contributed by atoms with Gasteiger partial charge in [-0.15, -0.1) is 11.3 Å². The molecule has 1 aliphatic rings. The normalized spacial score (nSPS) is 16.9. The van der Waals surface area contributed by atoms with Crippen LogP contribution in [0.3, 0.4) is 0 Å². The highest BCUT2D eigenvalue weighted by atomic mass is 32.1. The Kier molecular flexibility index (Phi) is 3.14. The number of thiazole rings is 1. The maximum atomic E-state index is 11.0. The summed E-state index contributed by atoms with van der Waals surface area (Å²) >= 11 is 1.60. The van der Waals surface area contributed by atoms with Crippen LogP contribution in [0, 0.1) is 0 Å². The predicted molar refractivity (Wildman–Crippen MR) is 63.7 cm³/mol. The molecule has 4 nitrogen and oxygen atoms in total. The smallest absolute Gasteiger partial charge is 0.305 e. The van der Waals surface area contributed by atoms with Crippen LogP contribution < -0.4 is 5.32 Å². The van der Waals surface area contributed by atoms with E-state index >= 15 is 0 Å². The van der Waals surface area contributed by atoms with Crippen molar-refractivity contribution in [1.82, 2.24) is 4.98 Å². The van der Waals surface area contributed by atoms with Crippen LogP contribution in [0.4, 0.5) is 5.13 Å². The van der Waals surface area contributed by atoms with E-state index in [1.54, 1.807) is 11.3 Å². The Morgan fingerprint density at radius 3 is 3.06 bits per heavy atom. The topological polar surface area (TPSA) is 51.2 Å². The summed E-state index contributed by atoms with van der Waals surface area (Å²) < 4.78 is 4.59. The van der Waals surface area contributed by atoms with E-state index in [2.05, 4.69) is 22.0 Å². The SMILES string of the molecule is COC(=O)CCc1csc(NC2(C)CC2)n1. The van der Waals surface area contributed by atoms with E-state index in [1.807, 2.05) is 5.38 Å². The van der Waals surface area contributed by atoms with Gasteiger partial charge in [0.25, 0.3) is 0 Å². The largest absolute Gasteiger partial charge is 0.469 e. The number of esters is 1. The molecule has 0 aliphatic heterocycles. The summed E-state index contributed by atoms with van der Waals surface area (Å²) in [4.78, 5) is 15.4. The van der Waals surface area contributed by atoms with Gasteiger partial charge in [0.1, 0.15) is 0 Å². The fourth-order valence-corrected chi connectivity index (χ4v) is 2.28. The summed E-state index contributed by atoms with van der Waals surface area (Å²) in [5.74, 6) is -0.184. The Balaban J connectivity index is 1.84. The van der Waals surface area contributed by atoms with Gasteiger partial charge in [-0.2, -0.15) is 0 Å². The molecule has 0 saturated heterocycles. The first kappa shape index (κ1) is 11.4. The van der Waals surface area contributed by atoms with Crippen molar-refractivity contribution >= 4 is 22.4 Å². The molecule has 1 fully saturated rings. The van der Waals surface area contributed by atoms with Gasteiger partial charge < -0.3 is 10.1 Å². The first-order valence-electron chi connectivity index (χ1n) is 5.41. The van der Waals surface area contributed by atoms with Crippen molar-refractivity contribution in [2.24, 2.45) is 0 Å². The van der Waals surface area contributed by atoms with Crippen molar-refractivity contribution in [3.05, 3.63) is 11.1 Å². The number of nitrogens with zero attached hydrogens (tertiary/aromatic N) is 1. The second-order valence-corrected chi connectivity index (χ2v) is 5.26. The fraction of sp³-hybridized carbons (Fsp3) is 0.636. The first-order chi connectivity index (χ1) is 7.61. The molecule has 0 spiro atoms. The molecule has 1 aromatic heterocycles. The lowest BCUT2D eigenvalue weighted by Gasteiger charge is -2.08. The van der Waals surface area contributed by atoms with Gasteiger partial charge in [-0.3, -0.25) is 4.79 Å². The molecule has 5 heteroatoms. The summed E-state index contributed by atoms with van der Waals surface area (Å²) in [7, 11) is 1.41. The zero-order chi connectivity index (χ0) is 11.6. The van der Waals surface area contributed by atoms with Crippen LogP contribution in [0.1, 0.15) is 31.9 Å². The molecule has 0 unspecified atom stereocenters. The molecule has 88 valence electrons. The molecule has 0 aromatic carbocycles. The lowest BCUT2D eigenvalue weighted by molar-refractivity contribution is -0.140. The van der Waals surface area contributed by atoms with E-state index in [9.17, 15) is 4.79 Å². The van der Waals surface area contributed by atoms with Gasteiger partial charge >= 0.3 is 5.97 Å². The summed E-state index contributed by atoms with van der Waals surface area (Å²) in [6, 6.07) is 0. The highest BCUT2D eigenvalue weighted by Crippen LogP contribution is 2.38. The second kappa shape index (κ2) is 4.41. The van der Waals surface area contributed by atoms with Crippen molar-refractivity contribution in [2.75, 3.05) is 12.4 Å². The number of ether oxygens (including phenoxy) is 1. The van der Waals surface area contributed by atoms with E-state index < -0.39 is 0 Å². The van der Waals surface area contributed by atoms with E-state index in [0.717, 1.165) is 10.8 Å². The van der Waals surface area contributed by atoms with Crippen LogP contribution in [0.15, 0.2) is 5.38 Å². The average Bonchev–Trinajstić information content (AvgIpc) is 2.82. The number of rotatable bonds is 5. The van der Waals surface area contributed by atoms with Crippen molar-refractivity contribution in [3.8, 4) is 0 Å². The third-order valence-corrected chi connectivity index (χ3v) is 3.58. The third-order valence-electron chi connectivity index (χ3n) is 2.77. The van der Waals surface area contributed by atoms with Gasteiger partial charge in [0, 0.05) is 17.3 Å². The number of carbonyl (C=O) groups is 1. The van der Waals surface area contributed by atoms with E-state index in [0.29, 0.717) is 12.8 Å². The molecule has 1 N–H and O–H groups in total. The van der Waals surface area contributed by atoms with Crippen molar-refractivity contribution in [1.29, 1.82) is 0 Å². The molecule has 1 saturated carbocycles. The van der Waals surface area contributed by atoms with Gasteiger partial charge in [-0.05, 0) is 19.8 Å². The minimum Gasteiger partial charge on any atom is -0.469 e. The molecular weight excluding hydrogens is 224 g/mol. The van der Waals surface area contributed by atoms with Crippen LogP contribution >= 0.6 is 11.3 Å². The highest BCUT2D eigenvalue weighted by molar-refractivity contribution is 7.13. The molecule has 1 heterocycles. The lowest BCUT2D eigenvalue weighted by atomic mass is 10.2. The average molecular weight is 240 g/mol. The molecule has 1 aliphatic carbocycles. The molecule has 0 atom stereocenters. The quantitative estimate of drug-likeness (QED) is 0.802. The zero-order valence-electron chi connectivity index (χ0n) is 9.58. The number of aryl methyl sites for hydroxylation is 1. The highest BCUT2D eigenvalue weighted by Gasteiger charge is 2.37. The molecular formula is C11H16N2O2S. The molecule has 0 amide bonds. The fourth-order valence-electron chi connectivity index (χ4n) is 1.38. The van der Waals surface area contributed by atoms with Crippen molar-refractivity contribution < 1.29 is 9.53 Å². The van der Waals surface area contributed by atoms with Crippen LogP contribution in [0.25, 0.3) is 0 Å². The molecule has 1 aromatic rings. The number of hydrogen-bond donors (Lipinski definition) is 1. The zero-order valence-corrected chi connectivity index (χ0v) is 10.4.